The van der Waals surface area contributed by atoms with E-state index < -0.39 is 10.0 Å². The van der Waals surface area contributed by atoms with E-state index >= 15 is 0 Å². The van der Waals surface area contributed by atoms with Crippen molar-refractivity contribution in [3.63, 3.8) is 0 Å². The molecule has 1 aliphatic rings. The quantitative estimate of drug-likeness (QED) is 0.702. The summed E-state index contributed by atoms with van der Waals surface area (Å²) in [5, 5.41) is 12.2. The molecule has 7 nitrogen and oxygen atoms in total. The molecule has 2 amide bonds. The molecule has 10 heteroatoms. The summed E-state index contributed by atoms with van der Waals surface area (Å²) < 4.78 is 27.7. The zero-order chi connectivity index (χ0) is 21.0. The van der Waals surface area contributed by atoms with E-state index in [1.807, 2.05) is 18.2 Å². The van der Waals surface area contributed by atoms with Gasteiger partial charge in [0.1, 0.15) is 0 Å². The van der Waals surface area contributed by atoms with E-state index in [4.69, 9.17) is 16.9 Å². The maximum atomic E-state index is 12.7. The maximum Gasteiger partial charge on any atom is 0.317 e. The van der Waals surface area contributed by atoms with E-state index in [9.17, 15) is 13.2 Å². The van der Waals surface area contributed by atoms with Crippen LogP contribution in [0.5, 0.6) is 0 Å². The van der Waals surface area contributed by atoms with Crippen LogP contribution in [0.4, 0.5) is 4.79 Å². The summed E-state index contributed by atoms with van der Waals surface area (Å²) in [7, 11) is -3.66. The number of carbonyl (C=O) groups is 1. The summed E-state index contributed by atoms with van der Waals surface area (Å²) in [6.07, 6.45) is 0. The van der Waals surface area contributed by atoms with Gasteiger partial charge in [-0.05, 0) is 42.0 Å². The van der Waals surface area contributed by atoms with Crippen LogP contribution in [0.25, 0.3) is 0 Å². The molecule has 0 bridgehead atoms. The van der Waals surface area contributed by atoms with Gasteiger partial charge in [-0.2, -0.15) is 9.57 Å². The third-order valence-electron chi connectivity index (χ3n) is 4.59. The molecule has 0 aliphatic carbocycles. The van der Waals surface area contributed by atoms with Crippen LogP contribution in [0.2, 0.25) is 5.02 Å². The van der Waals surface area contributed by atoms with Crippen LogP contribution < -0.4 is 5.32 Å². The average molecular weight is 498 g/mol. The Kier molecular flexibility index (Phi) is 6.80. The second-order valence-corrected chi connectivity index (χ2v) is 9.68. The van der Waals surface area contributed by atoms with Gasteiger partial charge in [0.15, 0.2) is 0 Å². The van der Waals surface area contributed by atoms with Gasteiger partial charge < -0.3 is 10.2 Å². The molecule has 0 saturated carbocycles. The first kappa shape index (κ1) is 21.6. The van der Waals surface area contributed by atoms with Crippen LogP contribution in [0.1, 0.15) is 11.1 Å². The molecule has 0 aromatic heterocycles. The van der Waals surface area contributed by atoms with Crippen molar-refractivity contribution >= 4 is 43.6 Å². The fourth-order valence-electron chi connectivity index (χ4n) is 2.93. The molecule has 0 radical (unpaired) electrons. The second kappa shape index (κ2) is 9.13. The minimum absolute atomic E-state index is 0.138. The lowest BCUT2D eigenvalue weighted by molar-refractivity contribution is 0.172. The molecule has 152 valence electrons. The molecule has 2 aromatic carbocycles. The number of hydrogen-bond acceptors (Lipinski definition) is 4. The highest BCUT2D eigenvalue weighted by Crippen LogP contribution is 2.21. The van der Waals surface area contributed by atoms with Crippen molar-refractivity contribution < 1.29 is 13.2 Å². The number of piperazine rings is 1. The second-order valence-electron chi connectivity index (χ2n) is 6.42. The number of nitrogens with zero attached hydrogens (tertiary/aromatic N) is 3. The highest BCUT2D eigenvalue weighted by Gasteiger charge is 2.30. The number of rotatable bonds is 4. The predicted octanol–water partition coefficient (Wildman–Crippen LogP) is 3.19. The van der Waals surface area contributed by atoms with Crippen LogP contribution in [0.15, 0.2) is 51.8 Å². The number of amides is 2. The van der Waals surface area contributed by atoms with Crippen LogP contribution in [-0.2, 0) is 16.6 Å². The van der Waals surface area contributed by atoms with Gasteiger partial charge in [0.2, 0.25) is 10.0 Å². The van der Waals surface area contributed by atoms with Gasteiger partial charge in [0.25, 0.3) is 0 Å². The summed E-state index contributed by atoms with van der Waals surface area (Å²) in [5.74, 6) is 0. The zero-order valence-corrected chi connectivity index (χ0v) is 18.5. The number of sulfonamides is 1. The van der Waals surface area contributed by atoms with Gasteiger partial charge in [-0.3, -0.25) is 0 Å². The molecule has 0 atom stereocenters. The minimum atomic E-state index is -3.66. The third kappa shape index (κ3) is 5.08. The van der Waals surface area contributed by atoms with E-state index in [2.05, 4.69) is 21.2 Å². The first-order chi connectivity index (χ1) is 13.8. The lowest BCUT2D eigenvalue weighted by Crippen LogP contribution is -2.52. The molecule has 0 spiro atoms. The number of halogens is 2. The van der Waals surface area contributed by atoms with E-state index in [-0.39, 0.29) is 43.7 Å². The number of hydrogen-bond donors (Lipinski definition) is 1. The first-order valence-electron chi connectivity index (χ1n) is 8.78. The van der Waals surface area contributed by atoms with Crippen molar-refractivity contribution in [3.05, 3.63) is 63.1 Å². The van der Waals surface area contributed by atoms with E-state index in [0.717, 1.165) is 10.0 Å². The molecular formula is C19H18BrClN4O3S. The summed E-state index contributed by atoms with van der Waals surface area (Å²) in [5.41, 5.74) is 1.20. The zero-order valence-electron chi connectivity index (χ0n) is 15.3. The third-order valence-corrected chi connectivity index (χ3v) is 7.35. The fraction of sp³-hybridized carbons (Fsp3) is 0.263. The molecule has 1 N–H and O–H groups in total. The lowest BCUT2D eigenvalue weighted by atomic mass is 10.2. The highest BCUT2D eigenvalue weighted by molar-refractivity contribution is 9.10. The predicted molar refractivity (Wildman–Crippen MR) is 113 cm³/mol. The topological polar surface area (TPSA) is 93.5 Å². The smallest absolute Gasteiger partial charge is 0.317 e. The van der Waals surface area contributed by atoms with Crippen molar-refractivity contribution in [2.75, 3.05) is 26.2 Å². The van der Waals surface area contributed by atoms with Crippen molar-refractivity contribution in [1.82, 2.24) is 14.5 Å². The Morgan fingerprint density at radius 1 is 1.14 bits per heavy atom. The molecule has 3 rings (SSSR count). The van der Waals surface area contributed by atoms with Gasteiger partial charge >= 0.3 is 6.03 Å². The molecule has 1 aliphatic heterocycles. The van der Waals surface area contributed by atoms with Crippen molar-refractivity contribution in [2.45, 2.75) is 11.4 Å². The number of carbonyl (C=O) groups excluding carboxylic acids is 1. The lowest BCUT2D eigenvalue weighted by Gasteiger charge is -2.34. The summed E-state index contributed by atoms with van der Waals surface area (Å²) in [4.78, 5) is 14.1. The molecule has 29 heavy (non-hydrogen) atoms. The van der Waals surface area contributed by atoms with Crippen molar-refractivity contribution in [1.29, 1.82) is 5.26 Å². The molecule has 1 saturated heterocycles. The first-order valence-corrected chi connectivity index (χ1v) is 11.4. The Labute approximate surface area is 183 Å². The van der Waals surface area contributed by atoms with Crippen LogP contribution >= 0.6 is 27.5 Å². The average Bonchev–Trinajstić information content (AvgIpc) is 2.73. The maximum absolute atomic E-state index is 12.7. The fourth-order valence-corrected chi connectivity index (χ4v) is 5.09. The van der Waals surface area contributed by atoms with Gasteiger partial charge in [0, 0.05) is 42.2 Å². The Balaban J connectivity index is 1.56. The number of urea groups is 1. The summed E-state index contributed by atoms with van der Waals surface area (Å²) >= 11 is 9.50. The van der Waals surface area contributed by atoms with Crippen LogP contribution in [0.3, 0.4) is 0 Å². The summed E-state index contributed by atoms with van der Waals surface area (Å²) in [6, 6.07) is 12.9. The van der Waals surface area contributed by atoms with E-state index in [1.165, 1.54) is 28.6 Å². The number of nitrogens with one attached hydrogen (secondary N) is 1. The summed E-state index contributed by atoms with van der Waals surface area (Å²) in [6.45, 7) is 1.27. The molecule has 1 fully saturated rings. The molecule has 1 heterocycles. The van der Waals surface area contributed by atoms with Crippen LogP contribution in [0, 0.1) is 11.3 Å². The number of benzene rings is 2. The Morgan fingerprint density at radius 2 is 1.79 bits per heavy atom. The normalized spacial score (nSPS) is 15.0. The van der Waals surface area contributed by atoms with Gasteiger partial charge in [-0.25, -0.2) is 13.2 Å². The molecular weight excluding hydrogens is 480 g/mol. The van der Waals surface area contributed by atoms with Gasteiger partial charge in [-0.15, -0.1) is 0 Å². The number of nitriles is 1. The highest BCUT2D eigenvalue weighted by atomic mass is 79.9. The van der Waals surface area contributed by atoms with Gasteiger partial charge in [0.05, 0.1) is 16.5 Å². The van der Waals surface area contributed by atoms with Gasteiger partial charge in [-0.1, -0.05) is 33.6 Å². The van der Waals surface area contributed by atoms with Crippen LogP contribution in [-0.4, -0.2) is 49.8 Å². The van der Waals surface area contributed by atoms with E-state index in [1.54, 1.807) is 11.0 Å². The minimum Gasteiger partial charge on any atom is -0.334 e. The Morgan fingerprint density at radius 3 is 2.38 bits per heavy atom. The van der Waals surface area contributed by atoms with E-state index in [0.29, 0.717) is 10.6 Å². The Bertz CT molecular complexity index is 1050. The SMILES string of the molecule is N#Cc1ccc(S(=O)(=O)N2CCN(C(=O)NCc3ccc(Br)cc3Cl)CC2)cc1. The van der Waals surface area contributed by atoms with Crippen molar-refractivity contribution in [2.24, 2.45) is 0 Å². The molecule has 0 unspecified atom stereocenters. The van der Waals surface area contributed by atoms with Crippen molar-refractivity contribution in [3.8, 4) is 6.07 Å². The monoisotopic (exact) mass is 496 g/mol. The largest absolute Gasteiger partial charge is 0.334 e. The Hall–Kier alpha value is -2.12. The standard InChI is InChI=1S/C19H18BrClN4O3S/c20-16-4-3-15(18(21)11-16)13-23-19(26)24-7-9-25(10-8-24)29(27,28)17-5-1-14(12-22)2-6-17/h1-6,11H,7-10,13H2,(H,23,26). The molecule has 2 aromatic rings.